The van der Waals surface area contributed by atoms with E-state index in [1.165, 1.54) is 12.8 Å². The summed E-state index contributed by atoms with van der Waals surface area (Å²) < 4.78 is 0. The number of carbonyl (C=O) groups is 1. The van der Waals surface area contributed by atoms with Crippen LogP contribution in [0.2, 0.25) is 0 Å². The Hall–Kier alpha value is -0.570. The summed E-state index contributed by atoms with van der Waals surface area (Å²) in [5, 5.41) is 0. The SMILES string of the molecule is CCCCCN1CCC(N)C1=O. The van der Waals surface area contributed by atoms with Crippen LogP contribution in [-0.2, 0) is 4.79 Å². The zero-order valence-electron chi connectivity index (χ0n) is 7.75. The van der Waals surface area contributed by atoms with Crippen molar-refractivity contribution in [3.8, 4) is 0 Å². The Morgan fingerprint density at radius 1 is 1.58 bits per heavy atom. The average Bonchev–Trinajstić information content (AvgIpc) is 2.36. The van der Waals surface area contributed by atoms with Gasteiger partial charge < -0.3 is 10.6 Å². The lowest BCUT2D eigenvalue weighted by Crippen LogP contribution is -2.34. The van der Waals surface area contributed by atoms with Crippen LogP contribution in [0.3, 0.4) is 0 Å². The largest absolute Gasteiger partial charge is 0.341 e. The van der Waals surface area contributed by atoms with Crippen LogP contribution in [0.1, 0.15) is 32.6 Å². The second kappa shape index (κ2) is 4.45. The van der Waals surface area contributed by atoms with Crippen molar-refractivity contribution < 1.29 is 4.79 Å². The van der Waals surface area contributed by atoms with Gasteiger partial charge in [0.15, 0.2) is 0 Å². The summed E-state index contributed by atoms with van der Waals surface area (Å²) >= 11 is 0. The Labute approximate surface area is 73.9 Å². The number of rotatable bonds is 4. The number of amides is 1. The molecule has 3 nitrogen and oxygen atoms in total. The molecule has 1 rings (SSSR count). The number of hydrogen-bond donors (Lipinski definition) is 1. The maximum atomic E-state index is 11.3. The van der Waals surface area contributed by atoms with Gasteiger partial charge in [-0.15, -0.1) is 0 Å². The standard InChI is InChI=1S/C9H18N2O/c1-2-3-4-6-11-7-5-8(10)9(11)12/h8H,2-7,10H2,1H3. The topological polar surface area (TPSA) is 46.3 Å². The third kappa shape index (κ3) is 2.21. The van der Waals surface area contributed by atoms with Crippen molar-refractivity contribution in [2.24, 2.45) is 5.73 Å². The molecule has 1 amide bonds. The quantitative estimate of drug-likeness (QED) is 0.632. The molecule has 70 valence electrons. The third-order valence-electron chi connectivity index (χ3n) is 2.37. The molecular formula is C9H18N2O. The van der Waals surface area contributed by atoms with Gasteiger partial charge in [-0.25, -0.2) is 0 Å². The summed E-state index contributed by atoms with van der Waals surface area (Å²) in [5.41, 5.74) is 5.58. The van der Waals surface area contributed by atoms with Crippen molar-refractivity contribution in [3.63, 3.8) is 0 Å². The maximum absolute atomic E-state index is 11.3. The van der Waals surface area contributed by atoms with Crippen LogP contribution in [0.4, 0.5) is 0 Å². The fourth-order valence-corrected chi connectivity index (χ4v) is 1.54. The van der Waals surface area contributed by atoms with Gasteiger partial charge in [0, 0.05) is 13.1 Å². The van der Waals surface area contributed by atoms with Crippen molar-refractivity contribution >= 4 is 5.91 Å². The van der Waals surface area contributed by atoms with Crippen LogP contribution in [0.5, 0.6) is 0 Å². The molecule has 0 radical (unpaired) electrons. The van der Waals surface area contributed by atoms with Crippen molar-refractivity contribution in [1.82, 2.24) is 4.90 Å². The first-order valence-corrected chi connectivity index (χ1v) is 4.80. The molecule has 12 heavy (non-hydrogen) atoms. The maximum Gasteiger partial charge on any atom is 0.239 e. The van der Waals surface area contributed by atoms with E-state index in [0.717, 1.165) is 25.9 Å². The van der Waals surface area contributed by atoms with Gasteiger partial charge >= 0.3 is 0 Å². The minimum Gasteiger partial charge on any atom is -0.341 e. The first-order valence-electron chi connectivity index (χ1n) is 4.80. The monoisotopic (exact) mass is 170 g/mol. The van der Waals surface area contributed by atoms with Gasteiger partial charge in [-0.2, -0.15) is 0 Å². The second-order valence-electron chi connectivity index (χ2n) is 3.43. The highest BCUT2D eigenvalue weighted by Crippen LogP contribution is 2.10. The van der Waals surface area contributed by atoms with Gasteiger partial charge in [-0.3, -0.25) is 4.79 Å². The van der Waals surface area contributed by atoms with E-state index in [9.17, 15) is 4.79 Å². The number of likely N-dealkylation sites (tertiary alicyclic amines) is 1. The van der Waals surface area contributed by atoms with Crippen molar-refractivity contribution in [3.05, 3.63) is 0 Å². The first kappa shape index (κ1) is 9.52. The van der Waals surface area contributed by atoms with Crippen LogP contribution in [0.15, 0.2) is 0 Å². The molecule has 1 fully saturated rings. The summed E-state index contributed by atoms with van der Waals surface area (Å²) in [5.74, 6) is 0.145. The summed E-state index contributed by atoms with van der Waals surface area (Å²) in [6.07, 6.45) is 4.37. The Kier molecular flexibility index (Phi) is 3.53. The molecule has 0 saturated carbocycles. The summed E-state index contributed by atoms with van der Waals surface area (Å²) in [6, 6.07) is -0.216. The molecule has 2 N–H and O–H groups in total. The number of nitrogens with zero attached hydrogens (tertiary/aromatic N) is 1. The molecule has 1 unspecified atom stereocenters. The van der Waals surface area contributed by atoms with Crippen molar-refractivity contribution in [2.45, 2.75) is 38.6 Å². The molecule has 1 heterocycles. The predicted molar refractivity (Wildman–Crippen MR) is 48.7 cm³/mol. The van der Waals surface area contributed by atoms with E-state index in [1.54, 1.807) is 0 Å². The van der Waals surface area contributed by atoms with Gasteiger partial charge in [0.25, 0.3) is 0 Å². The predicted octanol–water partition coefficient (Wildman–Crippen LogP) is 0.736. The Bertz CT molecular complexity index is 159. The minimum absolute atomic E-state index is 0.145. The van der Waals surface area contributed by atoms with Gasteiger partial charge in [0.2, 0.25) is 5.91 Å². The van der Waals surface area contributed by atoms with Crippen LogP contribution < -0.4 is 5.73 Å². The number of nitrogens with two attached hydrogens (primary N) is 1. The number of hydrogen-bond acceptors (Lipinski definition) is 2. The van der Waals surface area contributed by atoms with E-state index >= 15 is 0 Å². The van der Waals surface area contributed by atoms with E-state index < -0.39 is 0 Å². The highest BCUT2D eigenvalue weighted by atomic mass is 16.2. The molecule has 1 atom stereocenters. The Morgan fingerprint density at radius 2 is 2.33 bits per heavy atom. The molecule has 0 spiro atoms. The van der Waals surface area contributed by atoms with Crippen LogP contribution in [-0.4, -0.2) is 29.9 Å². The van der Waals surface area contributed by atoms with E-state index in [2.05, 4.69) is 6.92 Å². The van der Waals surface area contributed by atoms with E-state index in [4.69, 9.17) is 5.73 Å². The number of carbonyl (C=O) groups excluding carboxylic acids is 1. The highest BCUT2D eigenvalue weighted by molar-refractivity contribution is 5.83. The lowest BCUT2D eigenvalue weighted by Gasteiger charge is -2.14. The molecule has 1 aliphatic heterocycles. The van der Waals surface area contributed by atoms with Crippen LogP contribution in [0.25, 0.3) is 0 Å². The summed E-state index contributed by atoms with van der Waals surface area (Å²) in [6.45, 7) is 3.93. The van der Waals surface area contributed by atoms with Crippen LogP contribution in [0, 0.1) is 0 Å². The molecule has 0 aromatic rings. The third-order valence-corrected chi connectivity index (χ3v) is 2.37. The molecule has 1 aliphatic rings. The van der Waals surface area contributed by atoms with E-state index in [0.29, 0.717) is 0 Å². The van der Waals surface area contributed by atoms with Gasteiger partial charge in [0.05, 0.1) is 6.04 Å². The first-order chi connectivity index (χ1) is 5.75. The minimum atomic E-state index is -0.216. The molecule has 0 bridgehead atoms. The normalized spacial score (nSPS) is 23.7. The van der Waals surface area contributed by atoms with E-state index in [-0.39, 0.29) is 11.9 Å². The fourth-order valence-electron chi connectivity index (χ4n) is 1.54. The zero-order valence-corrected chi connectivity index (χ0v) is 7.75. The van der Waals surface area contributed by atoms with Gasteiger partial charge in [-0.1, -0.05) is 19.8 Å². The molecule has 3 heteroatoms. The number of unbranched alkanes of at least 4 members (excludes halogenated alkanes) is 2. The second-order valence-corrected chi connectivity index (χ2v) is 3.43. The van der Waals surface area contributed by atoms with Crippen molar-refractivity contribution in [1.29, 1.82) is 0 Å². The highest BCUT2D eigenvalue weighted by Gasteiger charge is 2.27. The molecule has 0 aromatic carbocycles. The molecule has 0 aliphatic carbocycles. The molecular weight excluding hydrogens is 152 g/mol. The Balaban J connectivity index is 2.20. The fraction of sp³-hybridized carbons (Fsp3) is 0.889. The lowest BCUT2D eigenvalue weighted by atomic mass is 10.2. The molecule has 1 saturated heterocycles. The zero-order chi connectivity index (χ0) is 8.97. The average molecular weight is 170 g/mol. The summed E-state index contributed by atoms with van der Waals surface area (Å²) in [4.78, 5) is 13.2. The van der Waals surface area contributed by atoms with E-state index in [1.807, 2.05) is 4.90 Å². The molecule has 0 aromatic heterocycles. The Morgan fingerprint density at radius 3 is 2.83 bits per heavy atom. The van der Waals surface area contributed by atoms with Gasteiger partial charge in [-0.05, 0) is 12.8 Å². The van der Waals surface area contributed by atoms with Gasteiger partial charge in [0.1, 0.15) is 0 Å². The van der Waals surface area contributed by atoms with Crippen molar-refractivity contribution in [2.75, 3.05) is 13.1 Å². The summed E-state index contributed by atoms with van der Waals surface area (Å²) in [7, 11) is 0. The van der Waals surface area contributed by atoms with Crippen LogP contribution >= 0.6 is 0 Å². The smallest absolute Gasteiger partial charge is 0.239 e. The lowest BCUT2D eigenvalue weighted by molar-refractivity contribution is -0.128.